The monoisotopic (exact) mass is 353 g/mol. The summed E-state index contributed by atoms with van der Waals surface area (Å²) < 4.78 is 24.7. The van der Waals surface area contributed by atoms with Gasteiger partial charge >= 0.3 is 6.03 Å². The molecule has 0 bridgehead atoms. The van der Waals surface area contributed by atoms with Gasteiger partial charge in [-0.2, -0.15) is 0 Å². The van der Waals surface area contributed by atoms with Crippen molar-refractivity contribution in [3.8, 4) is 0 Å². The average Bonchev–Trinajstić information content (AvgIpc) is 2.37. The predicted octanol–water partition coefficient (Wildman–Crippen LogP) is 2.44. The van der Waals surface area contributed by atoms with Crippen molar-refractivity contribution in [2.45, 2.75) is 13.3 Å². The number of carbonyl (C=O) groups excluding carboxylic acids is 1. The van der Waals surface area contributed by atoms with Gasteiger partial charge in [0.25, 0.3) is 0 Å². The molecule has 0 unspecified atom stereocenters. The predicted molar refractivity (Wildman–Crippen MR) is 85.6 cm³/mol. The Morgan fingerprint density at radius 3 is 2.33 bits per heavy atom. The smallest absolute Gasteiger partial charge is 0.319 e. The highest BCUT2D eigenvalue weighted by Crippen LogP contribution is 2.22. The normalized spacial score (nSPS) is 11.2. The summed E-state index contributed by atoms with van der Waals surface area (Å²) in [6, 6.07) is 4.29. The van der Waals surface area contributed by atoms with Gasteiger partial charge < -0.3 is 10.6 Å². The fourth-order valence-corrected chi connectivity index (χ4v) is 2.61. The lowest BCUT2D eigenvalue weighted by Gasteiger charge is -2.09. The van der Waals surface area contributed by atoms with Crippen molar-refractivity contribution in [3.63, 3.8) is 0 Å². The van der Waals surface area contributed by atoms with Crippen molar-refractivity contribution in [1.29, 1.82) is 0 Å². The molecule has 0 heterocycles. The lowest BCUT2D eigenvalue weighted by Crippen LogP contribution is -2.32. The number of nitrogens with one attached hydrogen (secondary N) is 3. The van der Waals surface area contributed by atoms with E-state index in [2.05, 4.69) is 15.4 Å². The number of benzene rings is 1. The minimum Gasteiger partial charge on any atom is -0.338 e. The molecule has 1 aromatic carbocycles. The molecule has 0 saturated carbocycles. The molecular weight excluding hydrogens is 337 g/mol. The molecule has 0 saturated heterocycles. The van der Waals surface area contributed by atoms with E-state index in [4.69, 9.17) is 23.2 Å². The van der Waals surface area contributed by atoms with Gasteiger partial charge in [-0.25, -0.2) is 17.9 Å². The molecule has 0 aliphatic carbocycles. The second-order valence-electron chi connectivity index (χ2n) is 4.19. The van der Waals surface area contributed by atoms with Crippen LogP contribution in [0.15, 0.2) is 18.2 Å². The molecule has 0 spiro atoms. The Labute approximate surface area is 134 Å². The van der Waals surface area contributed by atoms with E-state index in [0.29, 0.717) is 28.7 Å². The first-order chi connectivity index (χ1) is 9.82. The summed E-state index contributed by atoms with van der Waals surface area (Å²) in [5.74, 6) is 0.0381. The summed E-state index contributed by atoms with van der Waals surface area (Å²) in [4.78, 5) is 11.6. The average molecular weight is 354 g/mol. The Morgan fingerprint density at radius 2 is 1.76 bits per heavy atom. The van der Waals surface area contributed by atoms with Crippen LogP contribution < -0.4 is 15.4 Å². The summed E-state index contributed by atoms with van der Waals surface area (Å²) in [7, 11) is -3.19. The number of urea groups is 1. The van der Waals surface area contributed by atoms with Crippen LogP contribution in [0.5, 0.6) is 0 Å². The van der Waals surface area contributed by atoms with Crippen LogP contribution in [0.2, 0.25) is 10.0 Å². The maximum Gasteiger partial charge on any atom is 0.319 e. The Bertz CT molecular complexity index is 573. The van der Waals surface area contributed by atoms with Crippen molar-refractivity contribution in [2.75, 3.05) is 24.2 Å². The second-order valence-corrected chi connectivity index (χ2v) is 7.16. The quantitative estimate of drug-likeness (QED) is 0.658. The van der Waals surface area contributed by atoms with Gasteiger partial charge in [-0.3, -0.25) is 0 Å². The molecule has 0 fully saturated rings. The number of carbonyl (C=O) groups is 1. The van der Waals surface area contributed by atoms with Crippen LogP contribution in [0.3, 0.4) is 0 Å². The van der Waals surface area contributed by atoms with Gasteiger partial charge in [-0.15, -0.1) is 0 Å². The molecule has 0 atom stereocenters. The summed E-state index contributed by atoms with van der Waals surface area (Å²) in [6.45, 7) is 2.18. The zero-order valence-electron chi connectivity index (χ0n) is 11.4. The molecular formula is C12H17Cl2N3O3S. The first-order valence-corrected chi connectivity index (χ1v) is 8.71. The van der Waals surface area contributed by atoms with Gasteiger partial charge in [0.05, 0.1) is 5.75 Å². The number of sulfonamides is 1. The van der Waals surface area contributed by atoms with Crippen LogP contribution >= 0.6 is 23.2 Å². The number of halogens is 2. The third kappa shape index (κ3) is 7.52. The Kier molecular flexibility index (Phi) is 7.24. The van der Waals surface area contributed by atoms with Gasteiger partial charge in [-0.1, -0.05) is 23.2 Å². The maximum absolute atomic E-state index is 11.6. The fourth-order valence-electron chi connectivity index (χ4n) is 1.42. The third-order valence-corrected chi connectivity index (χ3v) is 4.30. The van der Waals surface area contributed by atoms with Crippen molar-refractivity contribution in [1.82, 2.24) is 10.0 Å². The molecule has 6 nitrogen and oxygen atoms in total. The van der Waals surface area contributed by atoms with Crippen LogP contribution in [0, 0.1) is 0 Å². The molecule has 21 heavy (non-hydrogen) atoms. The van der Waals surface area contributed by atoms with Crippen molar-refractivity contribution in [2.24, 2.45) is 0 Å². The van der Waals surface area contributed by atoms with E-state index in [1.54, 1.807) is 25.1 Å². The Balaban J connectivity index is 2.28. The SMILES string of the molecule is CCS(=O)(=O)NCCCNC(=O)Nc1cc(Cl)cc(Cl)c1. The number of anilines is 1. The molecule has 1 aromatic rings. The molecule has 9 heteroatoms. The van der Waals surface area contributed by atoms with Crippen LogP contribution in [-0.4, -0.2) is 33.3 Å². The number of rotatable bonds is 7. The van der Waals surface area contributed by atoms with Crippen LogP contribution in [0.1, 0.15) is 13.3 Å². The van der Waals surface area contributed by atoms with E-state index >= 15 is 0 Å². The second kappa shape index (κ2) is 8.43. The molecule has 3 N–H and O–H groups in total. The van der Waals surface area contributed by atoms with Crippen LogP contribution in [0.25, 0.3) is 0 Å². The molecule has 1 rings (SSSR count). The van der Waals surface area contributed by atoms with E-state index in [0.717, 1.165) is 0 Å². The summed E-state index contributed by atoms with van der Waals surface area (Å²) in [5, 5.41) is 6.03. The van der Waals surface area contributed by atoms with Gasteiger partial charge in [0.2, 0.25) is 10.0 Å². The van der Waals surface area contributed by atoms with Gasteiger partial charge in [0.1, 0.15) is 0 Å². The van der Waals surface area contributed by atoms with E-state index in [1.807, 2.05) is 0 Å². The third-order valence-electron chi connectivity index (χ3n) is 2.46. The molecule has 0 aliphatic rings. The van der Waals surface area contributed by atoms with E-state index < -0.39 is 16.1 Å². The number of amides is 2. The molecule has 2 amide bonds. The first kappa shape index (κ1) is 18.0. The summed E-state index contributed by atoms with van der Waals surface area (Å²) in [5.41, 5.74) is 0.483. The van der Waals surface area contributed by atoms with Crippen molar-refractivity contribution in [3.05, 3.63) is 28.2 Å². The summed E-state index contributed by atoms with van der Waals surface area (Å²) in [6.07, 6.45) is 0.489. The van der Waals surface area contributed by atoms with E-state index in [9.17, 15) is 13.2 Å². The zero-order chi connectivity index (χ0) is 15.9. The standard InChI is InChI=1S/C12H17Cl2N3O3S/c1-2-21(19,20)16-5-3-4-15-12(18)17-11-7-9(13)6-10(14)8-11/h6-8,16H,2-5H2,1H3,(H2,15,17,18). The molecule has 0 aliphatic heterocycles. The van der Waals surface area contributed by atoms with Crippen LogP contribution in [-0.2, 0) is 10.0 Å². The largest absolute Gasteiger partial charge is 0.338 e. The highest BCUT2D eigenvalue weighted by molar-refractivity contribution is 7.89. The van der Waals surface area contributed by atoms with E-state index in [1.165, 1.54) is 0 Å². The highest BCUT2D eigenvalue weighted by atomic mass is 35.5. The van der Waals surface area contributed by atoms with Crippen molar-refractivity contribution >= 4 is 44.9 Å². The number of hydrogen-bond acceptors (Lipinski definition) is 3. The Morgan fingerprint density at radius 1 is 1.14 bits per heavy atom. The zero-order valence-corrected chi connectivity index (χ0v) is 13.8. The first-order valence-electron chi connectivity index (χ1n) is 6.30. The van der Waals surface area contributed by atoms with Crippen molar-refractivity contribution < 1.29 is 13.2 Å². The highest BCUT2D eigenvalue weighted by Gasteiger charge is 2.06. The molecule has 118 valence electrons. The van der Waals surface area contributed by atoms with Gasteiger partial charge in [0, 0.05) is 28.8 Å². The summed E-state index contributed by atoms with van der Waals surface area (Å²) >= 11 is 11.6. The Hall–Kier alpha value is -1.02. The van der Waals surface area contributed by atoms with Gasteiger partial charge in [0.15, 0.2) is 0 Å². The fraction of sp³-hybridized carbons (Fsp3) is 0.417. The lowest BCUT2D eigenvalue weighted by atomic mass is 10.3. The lowest BCUT2D eigenvalue weighted by molar-refractivity contribution is 0.252. The topological polar surface area (TPSA) is 87.3 Å². The molecule has 0 radical (unpaired) electrons. The van der Waals surface area contributed by atoms with Gasteiger partial charge in [-0.05, 0) is 31.5 Å². The van der Waals surface area contributed by atoms with Crippen LogP contribution in [0.4, 0.5) is 10.5 Å². The molecule has 0 aromatic heterocycles. The minimum atomic E-state index is -3.19. The number of hydrogen-bond donors (Lipinski definition) is 3. The van der Waals surface area contributed by atoms with E-state index in [-0.39, 0.29) is 12.3 Å². The maximum atomic E-state index is 11.6. The minimum absolute atomic E-state index is 0.0381.